The van der Waals surface area contributed by atoms with E-state index in [0.717, 1.165) is 35.3 Å². The van der Waals surface area contributed by atoms with Gasteiger partial charge in [0.25, 0.3) is 0 Å². The minimum Gasteiger partial charge on any atom is -0.462 e. The third-order valence-corrected chi connectivity index (χ3v) is 4.79. The lowest BCUT2D eigenvalue weighted by atomic mass is 9.98. The molecule has 0 atom stereocenters. The summed E-state index contributed by atoms with van der Waals surface area (Å²) in [6.45, 7) is 6.61. The lowest BCUT2D eigenvalue weighted by Crippen LogP contribution is -2.08. The molecule has 0 aliphatic heterocycles. The Bertz CT molecular complexity index is 644. The highest BCUT2D eigenvalue weighted by molar-refractivity contribution is 7.17. The number of esters is 1. The summed E-state index contributed by atoms with van der Waals surface area (Å²) in [7, 11) is 0. The molecule has 2 aromatic rings. The summed E-state index contributed by atoms with van der Waals surface area (Å²) >= 11 is 1.48. The van der Waals surface area contributed by atoms with Crippen LogP contribution in [-0.2, 0) is 17.6 Å². The van der Waals surface area contributed by atoms with Crippen molar-refractivity contribution < 1.29 is 9.53 Å². The van der Waals surface area contributed by atoms with Crippen molar-refractivity contribution in [1.82, 2.24) is 0 Å². The average Bonchev–Trinajstić information content (AvgIpc) is 2.89. The molecule has 2 rings (SSSR count). The molecular formula is C18H23NO2S. The van der Waals surface area contributed by atoms with Crippen molar-refractivity contribution in [2.24, 2.45) is 0 Å². The first kappa shape index (κ1) is 16.6. The summed E-state index contributed by atoms with van der Waals surface area (Å²) in [6, 6.07) is 8.33. The smallest absolute Gasteiger partial charge is 0.341 e. The van der Waals surface area contributed by atoms with Gasteiger partial charge in [0, 0.05) is 10.4 Å². The van der Waals surface area contributed by atoms with Crippen LogP contribution in [0.1, 0.15) is 48.0 Å². The Morgan fingerprint density at radius 1 is 1.14 bits per heavy atom. The first-order chi connectivity index (χ1) is 10.6. The standard InChI is InChI=1S/C18H23NO2S/c1-4-11-21-18(20)16-15(14(6-3)22-17(16)19)13-9-7-12(5-2)8-10-13/h7-10H,4-6,11,19H2,1-3H3. The first-order valence-electron chi connectivity index (χ1n) is 7.79. The topological polar surface area (TPSA) is 52.3 Å². The molecule has 1 aromatic carbocycles. The molecule has 0 amide bonds. The molecule has 3 nitrogen and oxygen atoms in total. The molecule has 2 N–H and O–H groups in total. The zero-order chi connectivity index (χ0) is 16.1. The van der Waals surface area contributed by atoms with Crippen LogP contribution in [0.5, 0.6) is 0 Å². The number of anilines is 1. The third-order valence-electron chi connectivity index (χ3n) is 3.62. The van der Waals surface area contributed by atoms with Crippen LogP contribution in [0.15, 0.2) is 24.3 Å². The van der Waals surface area contributed by atoms with Crippen LogP contribution in [0.25, 0.3) is 11.1 Å². The van der Waals surface area contributed by atoms with Gasteiger partial charge in [-0.15, -0.1) is 11.3 Å². The summed E-state index contributed by atoms with van der Waals surface area (Å²) in [5.41, 5.74) is 9.88. The van der Waals surface area contributed by atoms with Crippen LogP contribution < -0.4 is 5.73 Å². The van der Waals surface area contributed by atoms with Gasteiger partial charge in [0.2, 0.25) is 0 Å². The lowest BCUT2D eigenvalue weighted by molar-refractivity contribution is 0.0507. The maximum absolute atomic E-state index is 12.4. The molecule has 0 fully saturated rings. The SMILES string of the molecule is CCCOC(=O)c1c(N)sc(CC)c1-c1ccc(CC)cc1. The monoisotopic (exact) mass is 317 g/mol. The minimum absolute atomic E-state index is 0.315. The van der Waals surface area contributed by atoms with Gasteiger partial charge >= 0.3 is 5.97 Å². The summed E-state index contributed by atoms with van der Waals surface area (Å²) < 4.78 is 5.31. The Morgan fingerprint density at radius 3 is 2.36 bits per heavy atom. The van der Waals surface area contributed by atoms with E-state index in [2.05, 4.69) is 38.1 Å². The summed E-state index contributed by atoms with van der Waals surface area (Å²) in [5, 5.41) is 0.549. The number of ether oxygens (including phenoxy) is 1. The van der Waals surface area contributed by atoms with E-state index >= 15 is 0 Å². The second-order valence-corrected chi connectivity index (χ2v) is 6.32. The second kappa shape index (κ2) is 7.45. The van der Waals surface area contributed by atoms with Crippen molar-refractivity contribution in [1.29, 1.82) is 0 Å². The van der Waals surface area contributed by atoms with E-state index < -0.39 is 0 Å². The average molecular weight is 317 g/mol. The van der Waals surface area contributed by atoms with Crippen molar-refractivity contribution in [2.75, 3.05) is 12.3 Å². The van der Waals surface area contributed by atoms with Crippen LogP contribution in [0.3, 0.4) is 0 Å². The molecule has 22 heavy (non-hydrogen) atoms. The number of nitrogens with two attached hydrogens (primary N) is 1. The summed E-state index contributed by atoms with van der Waals surface area (Å²) in [6.07, 6.45) is 2.65. The molecule has 0 aliphatic carbocycles. The van der Waals surface area contributed by atoms with Crippen molar-refractivity contribution in [3.05, 3.63) is 40.3 Å². The van der Waals surface area contributed by atoms with E-state index in [1.807, 2.05) is 6.92 Å². The number of carbonyl (C=O) groups excluding carboxylic acids is 1. The number of hydrogen-bond acceptors (Lipinski definition) is 4. The van der Waals surface area contributed by atoms with Crippen molar-refractivity contribution in [2.45, 2.75) is 40.0 Å². The van der Waals surface area contributed by atoms with Gasteiger partial charge in [0.1, 0.15) is 10.6 Å². The fraction of sp³-hybridized carbons (Fsp3) is 0.389. The van der Waals surface area contributed by atoms with E-state index in [-0.39, 0.29) is 5.97 Å². The van der Waals surface area contributed by atoms with Crippen LogP contribution in [0.4, 0.5) is 5.00 Å². The zero-order valence-electron chi connectivity index (χ0n) is 13.4. The maximum atomic E-state index is 12.4. The molecule has 4 heteroatoms. The molecule has 0 aliphatic rings. The van der Waals surface area contributed by atoms with Gasteiger partial charge in [0.05, 0.1) is 6.61 Å². The van der Waals surface area contributed by atoms with Crippen LogP contribution in [0, 0.1) is 0 Å². The predicted octanol–water partition coefficient (Wildman–Crippen LogP) is 4.69. The van der Waals surface area contributed by atoms with E-state index in [0.29, 0.717) is 17.2 Å². The predicted molar refractivity (Wildman–Crippen MR) is 93.5 cm³/mol. The van der Waals surface area contributed by atoms with E-state index in [1.165, 1.54) is 16.9 Å². The Kier molecular flexibility index (Phi) is 5.61. The highest BCUT2D eigenvalue weighted by atomic mass is 32.1. The summed E-state index contributed by atoms with van der Waals surface area (Å²) in [5.74, 6) is -0.315. The van der Waals surface area contributed by atoms with Gasteiger partial charge in [-0.1, -0.05) is 45.0 Å². The molecule has 0 radical (unpaired) electrons. The van der Waals surface area contributed by atoms with E-state index in [4.69, 9.17) is 10.5 Å². The molecule has 1 aromatic heterocycles. The van der Waals surface area contributed by atoms with Crippen molar-refractivity contribution in [3.8, 4) is 11.1 Å². The van der Waals surface area contributed by atoms with Gasteiger partial charge in [-0.25, -0.2) is 4.79 Å². The molecule has 0 unspecified atom stereocenters. The number of benzene rings is 1. The Labute approximate surface area is 136 Å². The van der Waals surface area contributed by atoms with Crippen LogP contribution in [-0.4, -0.2) is 12.6 Å². The molecule has 1 heterocycles. The van der Waals surface area contributed by atoms with Crippen LogP contribution >= 0.6 is 11.3 Å². The second-order valence-electron chi connectivity index (χ2n) is 5.18. The third kappa shape index (κ3) is 3.33. The maximum Gasteiger partial charge on any atom is 0.341 e. The Balaban J connectivity index is 2.49. The van der Waals surface area contributed by atoms with Gasteiger partial charge < -0.3 is 10.5 Å². The number of aryl methyl sites for hydroxylation is 2. The number of thiophene rings is 1. The zero-order valence-corrected chi connectivity index (χ0v) is 14.3. The molecule has 0 saturated heterocycles. The fourth-order valence-electron chi connectivity index (χ4n) is 2.43. The lowest BCUT2D eigenvalue weighted by Gasteiger charge is -2.09. The number of nitrogen functional groups attached to an aromatic ring is 1. The van der Waals surface area contributed by atoms with E-state index in [9.17, 15) is 4.79 Å². The molecule has 0 saturated carbocycles. The quantitative estimate of drug-likeness (QED) is 0.786. The van der Waals surface area contributed by atoms with Crippen molar-refractivity contribution >= 4 is 22.3 Å². The summed E-state index contributed by atoms with van der Waals surface area (Å²) in [4.78, 5) is 13.5. The fourth-order valence-corrected chi connectivity index (χ4v) is 3.45. The highest BCUT2D eigenvalue weighted by Gasteiger charge is 2.23. The molecule has 118 valence electrons. The van der Waals surface area contributed by atoms with E-state index in [1.54, 1.807) is 0 Å². The molecule has 0 spiro atoms. The van der Waals surface area contributed by atoms with Gasteiger partial charge in [-0.2, -0.15) is 0 Å². The van der Waals surface area contributed by atoms with Crippen molar-refractivity contribution in [3.63, 3.8) is 0 Å². The minimum atomic E-state index is -0.315. The van der Waals surface area contributed by atoms with Gasteiger partial charge in [-0.3, -0.25) is 0 Å². The first-order valence-corrected chi connectivity index (χ1v) is 8.61. The normalized spacial score (nSPS) is 10.7. The highest BCUT2D eigenvalue weighted by Crippen LogP contribution is 2.39. The number of rotatable bonds is 6. The van der Waals surface area contributed by atoms with Crippen LogP contribution in [0.2, 0.25) is 0 Å². The number of carbonyl (C=O) groups is 1. The Morgan fingerprint density at radius 2 is 1.82 bits per heavy atom. The number of hydrogen-bond donors (Lipinski definition) is 1. The molecular weight excluding hydrogens is 294 g/mol. The largest absolute Gasteiger partial charge is 0.462 e. The van der Waals surface area contributed by atoms with Gasteiger partial charge in [-0.05, 0) is 30.4 Å². The Hall–Kier alpha value is -1.81. The molecule has 0 bridgehead atoms. The van der Waals surface area contributed by atoms with Gasteiger partial charge in [0.15, 0.2) is 0 Å².